The third-order valence-electron chi connectivity index (χ3n) is 3.72. The Morgan fingerprint density at radius 3 is 2.31 bits per heavy atom. The molecule has 1 unspecified atom stereocenters. The second-order valence-corrected chi connectivity index (χ2v) is 4.33. The SMILES string of the molecule is Cl.NC(C(=O)O)C12CCC(CC1)C2. The molecule has 0 aromatic heterocycles. The third kappa shape index (κ3) is 1.55. The monoisotopic (exact) mass is 205 g/mol. The van der Waals surface area contributed by atoms with Crippen LogP contribution in [0.1, 0.15) is 32.1 Å². The van der Waals surface area contributed by atoms with Crippen molar-refractivity contribution in [2.24, 2.45) is 17.1 Å². The molecule has 2 rings (SSSR count). The van der Waals surface area contributed by atoms with Gasteiger partial charge in [0.1, 0.15) is 6.04 Å². The lowest BCUT2D eigenvalue weighted by Crippen LogP contribution is -2.45. The normalized spacial score (nSPS) is 38.4. The smallest absolute Gasteiger partial charge is 0.321 e. The summed E-state index contributed by atoms with van der Waals surface area (Å²) in [6, 6.07) is -0.620. The zero-order chi connectivity index (χ0) is 8.77. The highest BCUT2D eigenvalue weighted by Crippen LogP contribution is 2.55. The minimum absolute atomic E-state index is 0. The van der Waals surface area contributed by atoms with Crippen molar-refractivity contribution in [3.05, 3.63) is 0 Å². The molecule has 0 radical (unpaired) electrons. The molecule has 0 aromatic rings. The van der Waals surface area contributed by atoms with Crippen molar-refractivity contribution in [2.45, 2.75) is 38.1 Å². The Morgan fingerprint density at radius 1 is 1.46 bits per heavy atom. The zero-order valence-electron chi connectivity index (χ0n) is 7.53. The molecule has 0 aromatic carbocycles. The van der Waals surface area contributed by atoms with Crippen molar-refractivity contribution in [3.8, 4) is 0 Å². The number of halogens is 1. The van der Waals surface area contributed by atoms with Crippen LogP contribution in [0.5, 0.6) is 0 Å². The summed E-state index contributed by atoms with van der Waals surface area (Å²) < 4.78 is 0. The average molecular weight is 206 g/mol. The third-order valence-corrected chi connectivity index (χ3v) is 3.72. The van der Waals surface area contributed by atoms with Crippen molar-refractivity contribution in [3.63, 3.8) is 0 Å². The lowest BCUT2D eigenvalue weighted by molar-refractivity contribution is -0.141. The number of aliphatic carboxylic acids is 1. The Kier molecular flexibility index (Phi) is 2.88. The fourth-order valence-corrected chi connectivity index (χ4v) is 2.94. The standard InChI is InChI=1S/C9H15NO2.ClH/c10-7(8(11)12)9-3-1-6(5-9)2-4-9;/h6-7H,1-5,10H2,(H,11,12);1H. The number of carboxylic acid groups (broad SMARTS) is 1. The quantitative estimate of drug-likeness (QED) is 0.717. The van der Waals surface area contributed by atoms with Gasteiger partial charge in [0.05, 0.1) is 0 Å². The number of rotatable bonds is 2. The molecule has 2 aliphatic rings. The van der Waals surface area contributed by atoms with E-state index in [4.69, 9.17) is 10.8 Å². The van der Waals surface area contributed by atoms with Crippen LogP contribution < -0.4 is 5.73 Å². The maximum atomic E-state index is 10.7. The molecule has 0 spiro atoms. The highest BCUT2D eigenvalue weighted by Gasteiger charge is 2.50. The van der Waals surface area contributed by atoms with E-state index in [1.54, 1.807) is 0 Å². The summed E-state index contributed by atoms with van der Waals surface area (Å²) in [4.78, 5) is 10.7. The van der Waals surface area contributed by atoms with Crippen LogP contribution in [-0.2, 0) is 4.79 Å². The Balaban J connectivity index is 0.000000845. The number of fused-ring (bicyclic) bond motifs is 2. The molecule has 2 saturated carbocycles. The number of carboxylic acids is 1. The van der Waals surface area contributed by atoms with Crippen LogP contribution >= 0.6 is 12.4 Å². The number of carbonyl (C=O) groups is 1. The van der Waals surface area contributed by atoms with Crippen LogP contribution in [0, 0.1) is 11.3 Å². The molecule has 4 heteroatoms. The summed E-state index contributed by atoms with van der Waals surface area (Å²) in [5, 5.41) is 8.83. The van der Waals surface area contributed by atoms with Crippen molar-refractivity contribution < 1.29 is 9.90 Å². The summed E-state index contributed by atoms with van der Waals surface area (Å²) in [7, 11) is 0. The minimum atomic E-state index is -0.822. The topological polar surface area (TPSA) is 63.3 Å². The van der Waals surface area contributed by atoms with Gasteiger partial charge in [-0.1, -0.05) is 0 Å². The first-order valence-corrected chi connectivity index (χ1v) is 4.62. The van der Waals surface area contributed by atoms with Crippen molar-refractivity contribution in [1.82, 2.24) is 0 Å². The molecular weight excluding hydrogens is 190 g/mol. The summed E-state index contributed by atoms with van der Waals surface area (Å²) in [6.07, 6.45) is 5.51. The molecule has 3 N–H and O–H groups in total. The second kappa shape index (κ2) is 3.46. The summed E-state index contributed by atoms with van der Waals surface area (Å²) in [5.41, 5.74) is 5.66. The van der Waals surface area contributed by atoms with E-state index < -0.39 is 12.0 Å². The molecule has 0 amide bonds. The summed E-state index contributed by atoms with van der Waals surface area (Å²) in [6.45, 7) is 0. The second-order valence-electron chi connectivity index (χ2n) is 4.33. The van der Waals surface area contributed by atoms with Crippen molar-refractivity contribution in [1.29, 1.82) is 0 Å². The Morgan fingerprint density at radius 2 is 2.00 bits per heavy atom. The predicted octanol–water partition coefficient (Wildman–Crippen LogP) is 1.40. The molecule has 0 heterocycles. The first kappa shape index (κ1) is 10.8. The van der Waals surface area contributed by atoms with E-state index in [1.807, 2.05) is 0 Å². The summed E-state index contributed by atoms with van der Waals surface area (Å²) in [5.74, 6) is -0.0482. The van der Waals surface area contributed by atoms with Gasteiger partial charge in [-0.2, -0.15) is 0 Å². The van der Waals surface area contributed by atoms with Gasteiger partial charge in [0.2, 0.25) is 0 Å². The van der Waals surface area contributed by atoms with E-state index in [9.17, 15) is 4.79 Å². The molecule has 3 nitrogen and oxygen atoms in total. The van der Waals surface area contributed by atoms with Crippen LogP contribution in [-0.4, -0.2) is 17.1 Å². The molecule has 0 saturated heterocycles. The first-order valence-electron chi connectivity index (χ1n) is 4.62. The van der Waals surface area contributed by atoms with E-state index in [0.717, 1.165) is 25.2 Å². The van der Waals surface area contributed by atoms with Gasteiger partial charge in [0.15, 0.2) is 0 Å². The molecule has 2 bridgehead atoms. The van der Waals surface area contributed by atoms with Crippen LogP contribution in [0.25, 0.3) is 0 Å². The molecule has 76 valence electrons. The maximum absolute atomic E-state index is 10.7. The Hall–Kier alpha value is -0.280. The Labute approximate surface area is 84.1 Å². The van der Waals surface area contributed by atoms with E-state index in [0.29, 0.717) is 0 Å². The number of nitrogens with two attached hydrogens (primary N) is 1. The van der Waals surface area contributed by atoms with Gasteiger partial charge in [0, 0.05) is 0 Å². The predicted molar refractivity (Wildman–Crippen MR) is 51.9 cm³/mol. The fraction of sp³-hybridized carbons (Fsp3) is 0.889. The summed E-state index contributed by atoms with van der Waals surface area (Å²) >= 11 is 0. The molecule has 0 aliphatic heterocycles. The van der Waals surface area contributed by atoms with Gasteiger partial charge >= 0.3 is 5.97 Å². The van der Waals surface area contributed by atoms with E-state index in [2.05, 4.69) is 0 Å². The fourth-order valence-electron chi connectivity index (χ4n) is 2.94. The van der Waals surface area contributed by atoms with Gasteiger partial charge in [-0.25, -0.2) is 0 Å². The van der Waals surface area contributed by atoms with Gasteiger partial charge in [0.25, 0.3) is 0 Å². The lowest BCUT2D eigenvalue weighted by Gasteiger charge is -2.30. The van der Waals surface area contributed by atoms with Crippen LogP contribution in [0.3, 0.4) is 0 Å². The number of hydrogen-bond donors (Lipinski definition) is 2. The van der Waals surface area contributed by atoms with Crippen LogP contribution in [0.15, 0.2) is 0 Å². The maximum Gasteiger partial charge on any atom is 0.321 e. The Bertz CT molecular complexity index is 212. The lowest BCUT2D eigenvalue weighted by atomic mass is 9.78. The van der Waals surface area contributed by atoms with Gasteiger partial charge in [-0.15, -0.1) is 12.4 Å². The number of hydrogen-bond acceptors (Lipinski definition) is 2. The minimum Gasteiger partial charge on any atom is -0.480 e. The van der Waals surface area contributed by atoms with Gasteiger partial charge in [-0.3, -0.25) is 4.79 Å². The van der Waals surface area contributed by atoms with Crippen LogP contribution in [0.2, 0.25) is 0 Å². The first-order chi connectivity index (χ1) is 5.64. The van der Waals surface area contributed by atoms with E-state index in [-0.39, 0.29) is 17.8 Å². The highest BCUT2D eigenvalue weighted by molar-refractivity contribution is 5.85. The largest absolute Gasteiger partial charge is 0.480 e. The van der Waals surface area contributed by atoms with Gasteiger partial charge in [-0.05, 0) is 43.4 Å². The van der Waals surface area contributed by atoms with Crippen molar-refractivity contribution in [2.75, 3.05) is 0 Å². The zero-order valence-corrected chi connectivity index (χ0v) is 8.35. The van der Waals surface area contributed by atoms with E-state index in [1.165, 1.54) is 12.8 Å². The molecule has 13 heavy (non-hydrogen) atoms. The average Bonchev–Trinajstić information content (AvgIpc) is 2.62. The molecule has 1 atom stereocenters. The van der Waals surface area contributed by atoms with Crippen LogP contribution in [0.4, 0.5) is 0 Å². The van der Waals surface area contributed by atoms with Crippen molar-refractivity contribution >= 4 is 18.4 Å². The van der Waals surface area contributed by atoms with Gasteiger partial charge < -0.3 is 10.8 Å². The molecule has 2 fully saturated rings. The highest BCUT2D eigenvalue weighted by atomic mass is 35.5. The molecule has 2 aliphatic carbocycles. The van der Waals surface area contributed by atoms with E-state index >= 15 is 0 Å². The molecular formula is C9H16ClNO2.